The predicted octanol–water partition coefficient (Wildman–Crippen LogP) is 0.783. The first kappa shape index (κ1) is 15.9. The highest BCUT2D eigenvalue weighted by atomic mass is 32.2. The number of amides is 1. The lowest BCUT2D eigenvalue weighted by Gasteiger charge is -2.07. The Kier molecular flexibility index (Phi) is 5.77. The van der Waals surface area contributed by atoms with Gasteiger partial charge in [-0.3, -0.25) is 4.79 Å². The molecule has 0 heterocycles. The van der Waals surface area contributed by atoms with Crippen LogP contribution >= 0.6 is 12.6 Å². The first-order chi connectivity index (χ1) is 8.79. The number of carbonyl (C=O) groups is 1. The fourth-order valence-electron chi connectivity index (χ4n) is 1.33. The summed E-state index contributed by atoms with van der Waals surface area (Å²) in [4.78, 5) is 12.1. The maximum absolute atomic E-state index is 13.4. The van der Waals surface area contributed by atoms with E-state index >= 15 is 0 Å². The number of hydrogen-bond donors (Lipinski definition) is 3. The second-order valence-electron chi connectivity index (χ2n) is 3.94. The van der Waals surface area contributed by atoms with Crippen LogP contribution in [0.2, 0.25) is 0 Å². The lowest BCUT2D eigenvalue weighted by Crippen LogP contribution is -2.29. The molecule has 0 unspecified atom stereocenters. The molecule has 0 bridgehead atoms. The van der Waals surface area contributed by atoms with Crippen LogP contribution in [-0.2, 0) is 10.0 Å². The Hall–Kier alpha value is -1.12. The predicted molar refractivity (Wildman–Crippen MR) is 73.4 cm³/mol. The summed E-state index contributed by atoms with van der Waals surface area (Å²) in [7, 11) is -3.22. The third-order valence-corrected chi connectivity index (χ3v) is 3.20. The summed E-state index contributed by atoms with van der Waals surface area (Å²) in [5, 5.41) is 2.51. The summed E-state index contributed by atoms with van der Waals surface area (Å²) in [6.07, 6.45) is 1.47. The van der Waals surface area contributed by atoms with Gasteiger partial charge in [0.05, 0.1) is 11.8 Å². The minimum atomic E-state index is -3.22. The molecule has 8 heteroatoms. The lowest BCUT2D eigenvalue weighted by atomic mass is 10.2. The molecule has 0 atom stereocenters. The van der Waals surface area contributed by atoms with Crippen molar-refractivity contribution in [1.82, 2.24) is 10.0 Å². The van der Waals surface area contributed by atoms with E-state index in [1.807, 2.05) is 0 Å². The molecule has 1 amide bonds. The molecule has 5 nitrogen and oxygen atoms in total. The van der Waals surface area contributed by atoms with E-state index in [4.69, 9.17) is 0 Å². The van der Waals surface area contributed by atoms with Gasteiger partial charge in [-0.25, -0.2) is 17.5 Å². The van der Waals surface area contributed by atoms with E-state index in [1.165, 1.54) is 18.2 Å². The first-order valence-electron chi connectivity index (χ1n) is 5.51. The van der Waals surface area contributed by atoms with Gasteiger partial charge < -0.3 is 5.32 Å². The van der Waals surface area contributed by atoms with Crippen molar-refractivity contribution in [3.8, 4) is 0 Å². The number of rotatable bonds is 6. The zero-order valence-electron chi connectivity index (χ0n) is 10.3. The molecule has 0 radical (unpaired) electrons. The molecule has 0 aliphatic rings. The fourth-order valence-corrected chi connectivity index (χ4v) is 2.05. The van der Waals surface area contributed by atoms with E-state index in [0.717, 1.165) is 6.26 Å². The minimum Gasteiger partial charge on any atom is -0.352 e. The van der Waals surface area contributed by atoms with Crippen LogP contribution in [0.25, 0.3) is 0 Å². The molecule has 0 aliphatic heterocycles. The van der Waals surface area contributed by atoms with Gasteiger partial charge in [0.2, 0.25) is 10.0 Å². The van der Waals surface area contributed by atoms with Crippen LogP contribution in [0.5, 0.6) is 0 Å². The molecule has 1 aromatic rings. The van der Waals surface area contributed by atoms with Crippen molar-refractivity contribution in [2.45, 2.75) is 11.3 Å². The molecule has 2 N–H and O–H groups in total. The summed E-state index contributed by atoms with van der Waals surface area (Å²) in [5.74, 6) is -1.17. The highest BCUT2D eigenvalue weighted by molar-refractivity contribution is 7.88. The van der Waals surface area contributed by atoms with Crippen LogP contribution in [0, 0.1) is 5.82 Å². The molecular weight excluding hydrogens is 291 g/mol. The average Bonchev–Trinajstić information content (AvgIpc) is 2.30. The molecule has 1 rings (SSSR count). The second kappa shape index (κ2) is 6.88. The summed E-state index contributed by atoms with van der Waals surface area (Å²) < 4.78 is 37.2. The van der Waals surface area contributed by atoms with Gasteiger partial charge in [-0.05, 0) is 24.6 Å². The van der Waals surface area contributed by atoms with Crippen molar-refractivity contribution >= 4 is 28.6 Å². The van der Waals surface area contributed by atoms with Crippen molar-refractivity contribution in [3.63, 3.8) is 0 Å². The van der Waals surface area contributed by atoms with Gasteiger partial charge >= 0.3 is 0 Å². The Morgan fingerprint density at radius 1 is 1.37 bits per heavy atom. The van der Waals surface area contributed by atoms with Crippen molar-refractivity contribution < 1.29 is 17.6 Å². The Morgan fingerprint density at radius 2 is 2.05 bits per heavy atom. The molecule has 1 aromatic carbocycles. The van der Waals surface area contributed by atoms with E-state index in [-0.39, 0.29) is 18.7 Å². The highest BCUT2D eigenvalue weighted by Gasteiger charge is 2.11. The smallest absolute Gasteiger partial charge is 0.254 e. The summed E-state index contributed by atoms with van der Waals surface area (Å²) in [6.45, 7) is 0.464. The molecule has 0 saturated carbocycles. The number of nitrogens with one attached hydrogen (secondary N) is 2. The monoisotopic (exact) mass is 306 g/mol. The molecule has 0 aliphatic carbocycles. The van der Waals surface area contributed by atoms with E-state index in [2.05, 4.69) is 22.7 Å². The minimum absolute atomic E-state index is 0.0800. The number of carbonyl (C=O) groups excluding carboxylic acids is 1. The Labute approximate surface area is 117 Å². The van der Waals surface area contributed by atoms with Gasteiger partial charge in [-0.2, -0.15) is 0 Å². The molecule has 0 fully saturated rings. The van der Waals surface area contributed by atoms with E-state index in [9.17, 15) is 17.6 Å². The maximum Gasteiger partial charge on any atom is 0.254 e. The van der Waals surface area contributed by atoms with E-state index < -0.39 is 21.7 Å². The van der Waals surface area contributed by atoms with Crippen LogP contribution < -0.4 is 10.0 Å². The van der Waals surface area contributed by atoms with Crippen molar-refractivity contribution in [2.24, 2.45) is 0 Å². The van der Waals surface area contributed by atoms with Gasteiger partial charge in [0.15, 0.2) is 0 Å². The summed E-state index contributed by atoms with van der Waals surface area (Å²) >= 11 is 4.03. The topological polar surface area (TPSA) is 75.3 Å². The molecule has 0 spiro atoms. The Balaban J connectivity index is 2.42. The van der Waals surface area contributed by atoms with Gasteiger partial charge in [0.1, 0.15) is 5.82 Å². The average molecular weight is 306 g/mol. The van der Waals surface area contributed by atoms with Crippen molar-refractivity contribution in [1.29, 1.82) is 0 Å². The number of halogens is 1. The number of benzene rings is 1. The van der Waals surface area contributed by atoms with E-state index in [1.54, 1.807) is 0 Å². The SMILES string of the molecule is CS(=O)(=O)NCCCNC(=O)c1cc(S)ccc1F. The highest BCUT2D eigenvalue weighted by Crippen LogP contribution is 2.13. The largest absolute Gasteiger partial charge is 0.352 e. The quantitative estimate of drug-likeness (QED) is 0.537. The van der Waals surface area contributed by atoms with Crippen LogP contribution in [0.3, 0.4) is 0 Å². The fraction of sp³-hybridized carbons (Fsp3) is 0.364. The van der Waals surface area contributed by atoms with Gasteiger partial charge in [0.25, 0.3) is 5.91 Å². The van der Waals surface area contributed by atoms with Gasteiger partial charge in [-0.1, -0.05) is 0 Å². The Morgan fingerprint density at radius 3 is 2.68 bits per heavy atom. The molecular formula is C11H15FN2O3S2. The maximum atomic E-state index is 13.4. The number of thiol groups is 1. The van der Waals surface area contributed by atoms with E-state index in [0.29, 0.717) is 11.3 Å². The van der Waals surface area contributed by atoms with Crippen molar-refractivity contribution in [2.75, 3.05) is 19.3 Å². The van der Waals surface area contributed by atoms with Crippen molar-refractivity contribution in [3.05, 3.63) is 29.6 Å². The molecule has 0 saturated heterocycles. The Bertz CT molecular complexity index is 561. The second-order valence-corrected chi connectivity index (χ2v) is 6.29. The molecule has 106 valence electrons. The lowest BCUT2D eigenvalue weighted by molar-refractivity contribution is 0.0949. The summed E-state index contributed by atoms with van der Waals surface area (Å²) in [5.41, 5.74) is -0.0800. The molecule has 19 heavy (non-hydrogen) atoms. The third-order valence-electron chi connectivity index (χ3n) is 2.20. The third kappa shape index (κ3) is 6.04. The normalized spacial score (nSPS) is 11.3. The summed E-state index contributed by atoms with van der Waals surface area (Å²) in [6, 6.07) is 3.95. The number of hydrogen-bond acceptors (Lipinski definition) is 4. The standard InChI is InChI=1S/C11H15FN2O3S2/c1-19(16,17)14-6-2-5-13-11(15)9-7-8(18)3-4-10(9)12/h3-4,7,14,18H,2,5-6H2,1H3,(H,13,15). The zero-order valence-corrected chi connectivity index (χ0v) is 12.0. The van der Waals surface area contributed by atoms with Crippen LogP contribution in [0.15, 0.2) is 23.1 Å². The zero-order chi connectivity index (χ0) is 14.5. The number of sulfonamides is 1. The van der Waals surface area contributed by atoms with Gasteiger partial charge in [-0.15, -0.1) is 12.6 Å². The van der Waals surface area contributed by atoms with Crippen LogP contribution in [-0.4, -0.2) is 33.7 Å². The molecule has 0 aromatic heterocycles. The van der Waals surface area contributed by atoms with Crippen LogP contribution in [0.1, 0.15) is 16.8 Å². The van der Waals surface area contributed by atoms with Crippen LogP contribution in [0.4, 0.5) is 4.39 Å². The first-order valence-corrected chi connectivity index (χ1v) is 7.85. The van der Waals surface area contributed by atoms with Gasteiger partial charge in [0, 0.05) is 18.0 Å².